The van der Waals surface area contributed by atoms with E-state index in [2.05, 4.69) is 50.6 Å². The largest absolute Gasteiger partial charge is 0.497 e. The second-order valence-corrected chi connectivity index (χ2v) is 10.2. The lowest BCUT2D eigenvalue weighted by Crippen LogP contribution is -2.49. The van der Waals surface area contributed by atoms with E-state index in [0.29, 0.717) is 49.7 Å². The number of nitriles is 1. The summed E-state index contributed by atoms with van der Waals surface area (Å²) in [6.45, 7) is 3.52. The Morgan fingerprint density at radius 3 is 2.41 bits per heavy atom. The van der Waals surface area contributed by atoms with Gasteiger partial charge in [-0.25, -0.2) is 0 Å². The maximum absolute atomic E-state index is 13.5. The Morgan fingerprint density at radius 1 is 1.11 bits per heavy atom. The van der Waals surface area contributed by atoms with Crippen molar-refractivity contribution in [3.05, 3.63) is 69.5 Å². The van der Waals surface area contributed by atoms with E-state index in [1.807, 2.05) is 25.1 Å². The molecule has 0 radical (unpaired) electrons. The van der Waals surface area contributed by atoms with E-state index in [-0.39, 0.29) is 17.0 Å². The van der Waals surface area contributed by atoms with Crippen molar-refractivity contribution in [3.8, 4) is 11.8 Å². The van der Waals surface area contributed by atoms with Crippen LogP contribution in [0.2, 0.25) is 0 Å². The topological polar surface area (TPSA) is 81.8 Å². The zero-order valence-electron chi connectivity index (χ0n) is 21.5. The number of carbonyl (C=O) groups is 1. The average molecular weight is 614 g/mol. The number of carbonyl (C=O) groups excluding carboxylic acids is 1. The Labute approximate surface area is 231 Å². The van der Waals surface area contributed by atoms with Crippen molar-refractivity contribution >= 4 is 45.1 Å². The molecule has 8 nitrogen and oxygen atoms in total. The summed E-state index contributed by atoms with van der Waals surface area (Å²) in [5.41, 5.74) is 3.23. The molecule has 0 aliphatic carbocycles. The molecule has 0 atom stereocenters. The molecule has 0 N–H and O–H groups in total. The summed E-state index contributed by atoms with van der Waals surface area (Å²) in [4.78, 5) is 32.6. The number of amides is 1. The Morgan fingerprint density at radius 2 is 1.81 bits per heavy atom. The average Bonchev–Trinajstić information content (AvgIpc) is 2.93. The van der Waals surface area contributed by atoms with Crippen LogP contribution in [0.25, 0.3) is 10.9 Å². The van der Waals surface area contributed by atoms with Crippen LogP contribution in [-0.4, -0.2) is 74.2 Å². The van der Waals surface area contributed by atoms with E-state index in [4.69, 9.17) is 4.74 Å². The first-order chi connectivity index (χ1) is 17.9. The van der Waals surface area contributed by atoms with E-state index >= 15 is 0 Å². The maximum Gasteiger partial charge on any atom is 0.271 e. The number of rotatable bonds is 8. The number of anilines is 1. The third kappa shape index (κ3) is 5.75. The van der Waals surface area contributed by atoms with Gasteiger partial charge in [-0.2, -0.15) is 5.26 Å². The summed E-state index contributed by atoms with van der Waals surface area (Å²) in [5, 5.41) is 11.0. The second-order valence-electron chi connectivity index (χ2n) is 9.44. The molecule has 9 heteroatoms. The van der Waals surface area contributed by atoms with E-state index in [9.17, 15) is 14.9 Å². The number of nitrogens with zero attached hydrogens (tertiary/aromatic N) is 5. The van der Waals surface area contributed by atoms with Crippen molar-refractivity contribution in [1.82, 2.24) is 14.4 Å². The number of alkyl halides is 1. The van der Waals surface area contributed by atoms with Crippen LogP contribution in [0.5, 0.6) is 5.75 Å². The number of fused-ring (bicyclic) bond motifs is 1. The summed E-state index contributed by atoms with van der Waals surface area (Å²) in [7, 11) is 5.62. The Kier molecular flexibility index (Phi) is 8.71. The Balaban J connectivity index is 1.66. The van der Waals surface area contributed by atoms with Gasteiger partial charge in [0.05, 0.1) is 18.3 Å². The van der Waals surface area contributed by atoms with Gasteiger partial charge in [-0.15, -0.1) is 0 Å². The fourth-order valence-corrected chi connectivity index (χ4v) is 5.29. The molecule has 1 aliphatic rings. The van der Waals surface area contributed by atoms with E-state index in [1.54, 1.807) is 35.9 Å². The lowest BCUT2D eigenvalue weighted by molar-refractivity contribution is 0.0747. The number of aromatic nitrogens is 1. The monoisotopic (exact) mass is 613 g/mol. The molecule has 4 rings (SSSR count). The van der Waals surface area contributed by atoms with Gasteiger partial charge in [0.15, 0.2) is 0 Å². The van der Waals surface area contributed by atoms with Crippen molar-refractivity contribution in [3.63, 3.8) is 0 Å². The number of methoxy groups -OCH3 is 1. The smallest absolute Gasteiger partial charge is 0.271 e. The first-order valence-corrected chi connectivity index (χ1v) is 13.9. The van der Waals surface area contributed by atoms with E-state index in [0.717, 1.165) is 33.9 Å². The van der Waals surface area contributed by atoms with Gasteiger partial charge in [0.1, 0.15) is 17.4 Å². The molecule has 0 spiro atoms. The van der Waals surface area contributed by atoms with Crippen LogP contribution in [0.15, 0.2) is 47.3 Å². The highest BCUT2D eigenvalue weighted by atomic mass is 127. The zero-order valence-corrected chi connectivity index (χ0v) is 23.7. The fourth-order valence-electron chi connectivity index (χ4n) is 4.82. The number of aryl methyl sites for hydroxylation is 1. The van der Waals surface area contributed by atoms with Gasteiger partial charge in [-0.3, -0.25) is 9.59 Å². The number of ether oxygens (including phenoxy) is 1. The Bertz CT molecular complexity index is 1370. The quantitative estimate of drug-likeness (QED) is 0.285. The number of hydrogen-bond acceptors (Lipinski definition) is 6. The maximum atomic E-state index is 13.5. The third-order valence-corrected chi connectivity index (χ3v) is 7.66. The lowest BCUT2D eigenvalue weighted by atomic mass is 10.0. The van der Waals surface area contributed by atoms with Gasteiger partial charge < -0.3 is 24.0 Å². The second kappa shape index (κ2) is 12.0. The molecule has 0 bridgehead atoms. The first-order valence-electron chi connectivity index (χ1n) is 12.4. The van der Waals surface area contributed by atoms with Gasteiger partial charge in [-0.05, 0) is 69.0 Å². The summed E-state index contributed by atoms with van der Waals surface area (Å²) in [6, 6.07) is 15.5. The summed E-state index contributed by atoms with van der Waals surface area (Å²) >= 11 is 2.33. The van der Waals surface area contributed by atoms with Crippen molar-refractivity contribution in [2.75, 3.05) is 58.8 Å². The minimum absolute atomic E-state index is 0.0313. The summed E-state index contributed by atoms with van der Waals surface area (Å²) < 4.78 is 7.78. The molecular weight excluding hydrogens is 581 g/mol. The highest BCUT2D eigenvalue weighted by Crippen LogP contribution is 2.31. The van der Waals surface area contributed by atoms with Gasteiger partial charge in [0.25, 0.3) is 11.5 Å². The number of benzene rings is 2. The van der Waals surface area contributed by atoms with Gasteiger partial charge in [-0.1, -0.05) is 28.7 Å². The standard InChI is InChI=1S/C28H32IN5O3/c1-31(2)11-4-12-34-25-10-5-20(18-29)17-23(25)26(24(19-30)28(34)36)32-13-15-33(16-14-32)27(35)21-6-8-22(37-3)9-7-21/h5-10,17H,4,11-16,18H2,1-3H3. The highest BCUT2D eigenvalue weighted by Gasteiger charge is 2.27. The number of pyridine rings is 1. The molecule has 1 aromatic heterocycles. The van der Waals surface area contributed by atoms with Crippen molar-refractivity contribution in [2.45, 2.75) is 17.4 Å². The zero-order chi connectivity index (χ0) is 26.5. The van der Waals surface area contributed by atoms with Crippen LogP contribution in [0.3, 0.4) is 0 Å². The molecule has 0 saturated carbocycles. The van der Waals surface area contributed by atoms with Crippen molar-refractivity contribution in [2.24, 2.45) is 0 Å². The molecule has 37 heavy (non-hydrogen) atoms. The van der Waals surface area contributed by atoms with Gasteiger partial charge >= 0.3 is 0 Å². The fraction of sp³-hybridized carbons (Fsp3) is 0.393. The van der Waals surface area contributed by atoms with Gasteiger partial charge in [0.2, 0.25) is 0 Å². The molecule has 1 aliphatic heterocycles. The number of hydrogen-bond donors (Lipinski definition) is 0. The number of halogens is 1. The van der Waals surface area contributed by atoms with Gasteiger partial charge in [0, 0.05) is 48.1 Å². The molecule has 0 unspecified atom stereocenters. The van der Waals surface area contributed by atoms with Crippen LogP contribution in [0.1, 0.15) is 27.9 Å². The summed E-state index contributed by atoms with van der Waals surface area (Å²) in [5.74, 6) is 0.677. The Hall–Kier alpha value is -3.10. The molecule has 2 aromatic carbocycles. The predicted molar refractivity (Wildman–Crippen MR) is 155 cm³/mol. The molecule has 1 saturated heterocycles. The van der Waals surface area contributed by atoms with E-state index in [1.165, 1.54) is 0 Å². The minimum Gasteiger partial charge on any atom is -0.497 e. The van der Waals surface area contributed by atoms with Crippen LogP contribution in [0.4, 0.5) is 5.69 Å². The normalized spacial score (nSPS) is 13.7. The summed E-state index contributed by atoms with van der Waals surface area (Å²) in [6.07, 6.45) is 0.812. The number of piperazine rings is 1. The van der Waals surface area contributed by atoms with Crippen LogP contribution < -0.4 is 15.2 Å². The minimum atomic E-state index is -0.247. The highest BCUT2D eigenvalue weighted by molar-refractivity contribution is 14.1. The molecule has 3 aromatic rings. The molecule has 194 valence electrons. The van der Waals surface area contributed by atoms with Crippen LogP contribution in [0, 0.1) is 11.3 Å². The first kappa shape index (κ1) is 26.9. The third-order valence-electron chi connectivity index (χ3n) is 6.78. The lowest BCUT2D eigenvalue weighted by Gasteiger charge is -2.37. The SMILES string of the molecule is COc1ccc(C(=O)N2CCN(c3c(C#N)c(=O)n(CCCN(C)C)c4ccc(CI)cc34)CC2)cc1. The van der Waals surface area contributed by atoms with Crippen LogP contribution >= 0.6 is 22.6 Å². The van der Waals surface area contributed by atoms with Crippen molar-refractivity contribution in [1.29, 1.82) is 5.26 Å². The molecule has 2 heterocycles. The predicted octanol–water partition coefficient (Wildman–Crippen LogP) is 3.73. The van der Waals surface area contributed by atoms with E-state index < -0.39 is 0 Å². The molecular formula is C28H32IN5O3. The van der Waals surface area contributed by atoms with Crippen LogP contribution in [-0.2, 0) is 11.0 Å². The molecule has 1 amide bonds. The van der Waals surface area contributed by atoms with Crippen molar-refractivity contribution < 1.29 is 9.53 Å². The molecule has 1 fully saturated rings.